The van der Waals surface area contributed by atoms with Gasteiger partial charge in [0.1, 0.15) is 0 Å². The highest BCUT2D eigenvalue weighted by Gasteiger charge is 2.36. The van der Waals surface area contributed by atoms with E-state index in [1.807, 2.05) is 11.4 Å². The van der Waals surface area contributed by atoms with Crippen LogP contribution in [0.3, 0.4) is 0 Å². The first-order valence-electron chi connectivity index (χ1n) is 4.62. The Bertz CT molecular complexity index is 348. The molecular formula is C10H11ClO2S. The van der Waals surface area contributed by atoms with Crippen LogP contribution in [-0.4, -0.2) is 11.1 Å². The molecule has 0 aromatic carbocycles. The predicted octanol–water partition coefficient (Wildman–Crippen LogP) is 3.05. The molecule has 4 heteroatoms. The molecule has 1 aromatic rings. The van der Waals surface area contributed by atoms with E-state index >= 15 is 0 Å². The molecule has 1 fully saturated rings. The van der Waals surface area contributed by atoms with Crippen LogP contribution in [0, 0.1) is 11.8 Å². The fourth-order valence-electron chi connectivity index (χ4n) is 1.89. The fourth-order valence-corrected chi connectivity index (χ4v) is 2.82. The van der Waals surface area contributed by atoms with Crippen LogP contribution < -0.4 is 0 Å². The van der Waals surface area contributed by atoms with Gasteiger partial charge in [0, 0.05) is 0 Å². The number of aliphatic carboxylic acids is 1. The van der Waals surface area contributed by atoms with Crippen LogP contribution in [0.5, 0.6) is 0 Å². The number of hydrogen-bond acceptors (Lipinski definition) is 2. The molecule has 0 amide bonds. The van der Waals surface area contributed by atoms with Crippen molar-refractivity contribution in [2.75, 3.05) is 0 Å². The van der Waals surface area contributed by atoms with Gasteiger partial charge in [-0.2, -0.15) is 0 Å². The van der Waals surface area contributed by atoms with E-state index < -0.39 is 5.97 Å². The van der Waals surface area contributed by atoms with Crippen molar-refractivity contribution in [1.29, 1.82) is 0 Å². The molecule has 0 radical (unpaired) electrons. The zero-order chi connectivity index (χ0) is 10.1. The third kappa shape index (κ3) is 1.93. The second-order valence-corrected chi connectivity index (χ2v) is 5.29. The molecular weight excluding hydrogens is 220 g/mol. The van der Waals surface area contributed by atoms with E-state index in [0.717, 1.165) is 23.6 Å². The predicted molar refractivity (Wildman–Crippen MR) is 56.9 cm³/mol. The minimum atomic E-state index is -0.650. The number of carboxylic acids is 1. The van der Waals surface area contributed by atoms with Crippen molar-refractivity contribution < 1.29 is 9.90 Å². The lowest BCUT2D eigenvalue weighted by atomic mass is 9.71. The van der Waals surface area contributed by atoms with Crippen LogP contribution >= 0.6 is 22.9 Å². The van der Waals surface area contributed by atoms with E-state index in [9.17, 15) is 4.79 Å². The SMILES string of the molecule is O=C(O)C1CCC1Cc1csc(Cl)c1. The summed E-state index contributed by atoms with van der Waals surface area (Å²) in [5, 5.41) is 10.9. The minimum absolute atomic E-state index is 0.131. The first kappa shape index (κ1) is 9.99. The van der Waals surface area contributed by atoms with Crippen LogP contribution in [0.2, 0.25) is 4.34 Å². The summed E-state index contributed by atoms with van der Waals surface area (Å²) in [4.78, 5) is 10.8. The van der Waals surface area contributed by atoms with Crippen LogP contribution in [0.1, 0.15) is 18.4 Å². The van der Waals surface area contributed by atoms with Gasteiger partial charge in [-0.25, -0.2) is 0 Å². The molecule has 76 valence electrons. The summed E-state index contributed by atoms with van der Waals surface area (Å²) in [5.74, 6) is -0.464. The topological polar surface area (TPSA) is 37.3 Å². The van der Waals surface area contributed by atoms with E-state index in [-0.39, 0.29) is 5.92 Å². The van der Waals surface area contributed by atoms with Gasteiger partial charge in [0.25, 0.3) is 0 Å². The van der Waals surface area contributed by atoms with Crippen LogP contribution in [0.15, 0.2) is 11.4 Å². The van der Waals surface area contributed by atoms with Gasteiger partial charge >= 0.3 is 5.97 Å². The van der Waals surface area contributed by atoms with Crippen LogP contribution in [0.4, 0.5) is 0 Å². The number of thiophene rings is 1. The maximum atomic E-state index is 10.8. The maximum absolute atomic E-state index is 10.8. The molecule has 2 unspecified atom stereocenters. The van der Waals surface area contributed by atoms with Gasteiger partial charge in [-0.1, -0.05) is 11.6 Å². The molecule has 1 N–H and O–H groups in total. The number of hydrogen-bond donors (Lipinski definition) is 1. The molecule has 1 aliphatic carbocycles. The summed E-state index contributed by atoms with van der Waals surface area (Å²) in [5.41, 5.74) is 1.18. The quantitative estimate of drug-likeness (QED) is 0.867. The number of halogens is 1. The molecule has 2 rings (SSSR count). The zero-order valence-corrected chi connectivity index (χ0v) is 9.14. The van der Waals surface area contributed by atoms with Gasteiger partial charge in [0.15, 0.2) is 0 Å². The molecule has 1 aromatic heterocycles. The van der Waals surface area contributed by atoms with E-state index in [1.165, 1.54) is 16.9 Å². The average molecular weight is 231 g/mol. The minimum Gasteiger partial charge on any atom is -0.481 e. The first-order valence-corrected chi connectivity index (χ1v) is 5.88. The largest absolute Gasteiger partial charge is 0.481 e. The van der Waals surface area contributed by atoms with Gasteiger partial charge in [-0.05, 0) is 42.2 Å². The van der Waals surface area contributed by atoms with E-state index in [2.05, 4.69) is 0 Å². The molecule has 1 heterocycles. The number of carbonyl (C=O) groups is 1. The van der Waals surface area contributed by atoms with E-state index in [4.69, 9.17) is 16.7 Å². The lowest BCUT2D eigenvalue weighted by molar-refractivity contribution is -0.147. The molecule has 2 atom stereocenters. The average Bonchev–Trinajstić information content (AvgIpc) is 2.44. The molecule has 0 spiro atoms. The van der Waals surface area contributed by atoms with Crippen molar-refractivity contribution in [3.8, 4) is 0 Å². The van der Waals surface area contributed by atoms with E-state index in [0.29, 0.717) is 5.92 Å². The summed E-state index contributed by atoms with van der Waals surface area (Å²) in [7, 11) is 0. The maximum Gasteiger partial charge on any atom is 0.306 e. The molecule has 0 saturated heterocycles. The first-order chi connectivity index (χ1) is 6.66. The summed E-state index contributed by atoms with van der Waals surface area (Å²) >= 11 is 7.31. The standard InChI is InChI=1S/C10H11ClO2S/c11-9-4-6(5-14-9)3-7-1-2-8(7)10(12)13/h4-5,7-8H,1-3H2,(H,12,13). The number of rotatable bonds is 3. The molecule has 1 aliphatic rings. The third-order valence-corrected chi connectivity index (χ3v) is 3.99. The van der Waals surface area contributed by atoms with Crippen molar-refractivity contribution >= 4 is 28.9 Å². The Morgan fingerprint density at radius 3 is 2.86 bits per heavy atom. The van der Waals surface area contributed by atoms with Crippen molar-refractivity contribution in [2.24, 2.45) is 11.8 Å². The lowest BCUT2D eigenvalue weighted by Crippen LogP contribution is -2.34. The van der Waals surface area contributed by atoms with Gasteiger partial charge in [-0.3, -0.25) is 4.79 Å². The van der Waals surface area contributed by atoms with E-state index in [1.54, 1.807) is 0 Å². The van der Waals surface area contributed by atoms with Crippen molar-refractivity contribution in [2.45, 2.75) is 19.3 Å². The third-order valence-electron chi connectivity index (χ3n) is 2.85. The van der Waals surface area contributed by atoms with Crippen molar-refractivity contribution in [1.82, 2.24) is 0 Å². The highest BCUT2D eigenvalue weighted by atomic mass is 35.5. The Balaban J connectivity index is 1.95. The smallest absolute Gasteiger partial charge is 0.306 e. The summed E-state index contributed by atoms with van der Waals surface area (Å²) in [6, 6.07) is 1.93. The summed E-state index contributed by atoms with van der Waals surface area (Å²) in [6.45, 7) is 0. The Labute approximate surface area is 91.5 Å². The van der Waals surface area contributed by atoms with Gasteiger partial charge in [0.2, 0.25) is 0 Å². The van der Waals surface area contributed by atoms with Gasteiger partial charge in [0.05, 0.1) is 10.3 Å². The normalized spacial score (nSPS) is 25.8. The summed E-state index contributed by atoms with van der Waals surface area (Å²) in [6.07, 6.45) is 2.72. The molecule has 0 bridgehead atoms. The zero-order valence-electron chi connectivity index (χ0n) is 7.57. The highest BCUT2D eigenvalue weighted by molar-refractivity contribution is 7.14. The lowest BCUT2D eigenvalue weighted by Gasteiger charge is -2.33. The Kier molecular flexibility index (Phi) is 2.79. The van der Waals surface area contributed by atoms with Crippen LogP contribution in [-0.2, 0) is 11.2 Å². The number of carboxylic acid groups (broad SMARTS) is 1. The Hall–Kier alpha value is -0.540. The molecule has 1 saturated carbocycles. The van der Waals surface area contributed by atoms with Crippen LogP contribution in [0.25, 0.3) is 0 Å². The van der Waals surface area contributed by atoms with Crippen molar-refractivity contribution in [3.63, 3.8) is 0 Å². The van der Waals surface area contributed by atoms with Gasteiger partial charge in [-0.15, -0.1) is 11.3 Å². The molecule has 14 heavy (non-hydrogen) atoms. The highest BCUT2D eigenvalue weighted by Crippen LogP contribution is 2.37. The second kappa shape index (κ2) is 3.91. The summed E-state index contributed by atoms with van der Waals surface area (Å²) < 4.78 is 0.784. The fraction of sp³-hybridized carbons (Fsp3) is 0.500. The molecule has 2 nitrogen and oxygen atoms in total. The molecule has 0 aliphatic heterocycles. The van der Waals surface area contributed by atoms with Gasteiger partial charge < -0.3 is 5.11 Å². The second-order valence-electron chi connectivity index (χ2n) is 3.75. The monoisotopic (exact) mass is 230 g/mol. The Morgan fingerprint density at radius 2 is 2.43 bits per heavy atom. The van der Waals surface area contributed by atoms with Crippen molar-refractivity contribution in [3.05, 3.63) is 21.3 Å². The Morgan fingerprint density at radius 1 is 1.64 bits per heavy atom.